The van der Waals surface area contributed by atoms with E-state index in [1.165, 1.54) is 0 Å². The molecule has 0 amide bonds. The van der Waals surface area contributed by atoms with Crippen molar-refractivity contribution >= 4 is 17.9 Å². The summed E-state index contributed by atoms with van der Waals surface area (Å²) >= 11 is 5.71. The quantitative estimate of drug-likeness (QED) is 0.432. The van der Waals surface area contributed by atoms with Crippen LogP contribution < -0.4 is 0 Å². The van der Waals surface area contributed by atoms with Gasteiger partial charge in [0.2, 0.25) is 0 Å². The number of hydrogen-bond acceptors (Lipinski definition) is 1. The third-order valence-corrected chi connectivity index (χ3v) is 1.79. The van der Waals surface area contributed by atoms with Crippen LogP contribution >= 0.6 is 11.6 Å². The summed E-state index contributed by atoms with van der Waals surface area (Å²) in [7, 11) is 0. The average molecular weight is 147 g/mol. The number of hydrogen-bond donors (Lipinski definition) is 0. The van der Waals surface area contributed by atoms with Crippen LogP contribution in [0.2, 0.25) is 0 Å². The largest absolute Gasteiger partial charge is 0.298 e. The Bertz CT molecular complexity index is 136. The fraction of sp³-hybridized carbons (Fsp3) is 0.571. The van der Waals surface area contributed by atoms with Gasteiger partial charge in [-0.05, 0) is 12.8 Å². The van der Waals surface area contributed by atoms with Gasteiger partial charge in [-0.2, -0.15) is 0 Å². The first-order valence-corrected chi connectivity index (χ1v) is 3.28. The van der Waals surface area contributed by atoms with E-state index in [2.05, 4.69) is 0 Å². The van der Waals surface area contributed by atoms with Gasteiger partial charge in [-0.15, -0.1) is 0 Å². The third kappa shape index (κ3) is 2.66. The second kappa shape index (κ2) is 3.67. The van der Waals surface area contributed by atoms with Gasteiger partial charge in [0.15, 0.2) is 0 Å². The van der Waals surface area contributed by atoms with Crippen LogP contribution in [0.5, 0.6) is 0 Å². The summed E-state index contributed by atoms with van der Waals surface area (Å²) in [4.78, 5) is 10.1. The second-order valence-corrected chi connectivity index (χ2v) is 2.71. The molecule has 2 heteroatoms. The van der Waals surface area contributed by atoms with Crippen LogP contribution in [0.1, 0.15) is 20.8 Å². The van der Waals surface area contributed by atoms with Crippen LogP contribution in [0.25, 0.3) is 0 Å². The highest BCUT2D eigenvalue weighted by atomic mass is 35.5. The molecule has 0 aliphatic carbocycles. The van der Waals surface area contributed by atoms with Crippen LogP contribution in [0.4, 0.5) is 0 Å². The van der Waals surface area contributed by atoms with E-state index in [-0.39, 0.29) is 5.92 Å². The van der Waals surface area contributed by atoms with Gasteiger partial charge in [0.05, 0.1) is 0 Å². The number of carbonyl (C=O) groups is 1. The van der Waals surface area contributed by atoms with E-state index in [0.717, 1.165) is 6.29 Å². The lowest BCUT2D eigenvalue weighted by molar-refractivity contribution is -0.104. The lowest BCUT2D eigenvalue weighted by atomic mass is 10.1. The first-order chi connectivity index (χ1) is 4.09. The van der Waals surface area contributed by atoms with Gasteiger partial charge in [0.1, 0.15) is 6.29 Å². The highest BCUT2D eigenvalue weighted by Gasteiger charge is 2.01. The van der Waals surface area contributed by atoms with Crippen LogP contribution in [0, 0.1) is 5.92 Å². The van der Waals surface area contributed by atoms with Crippen molar-refractivity contribution in [3.63, 3.8) is 0 Å². The molecular formula is C7H11ClO. The topological polar surface area (TPSA) is 17.1 Å². The number of carbonyl (C=O) groups excluding carboxylic acids is 1. The zero-order chi connectivity index (χ0) is 7.44. The predicted octanol–water partition coefficient (Wildman–Crippen LogP) is 2.35. The fourth-order valence-corrected chi connectivity index (χ4v) is 0.556. The minimum atomic E-state index is 0.261. The Labute approximate surface area is 60.7 Å². The lowest BCUT2D eigenvalue weighted by Crippen LogP contribution is -1.91. The van der Waals surface area contributed by atoms with Crippen molar-refractivity contribution in [1.29, 1.82) is 0 Å². The summed E-state index contributed by atoms with van der Waals surface area (Å²) in [6.07, 6.45) is 0.780. The van der Waals surface area contributed by atoms with Crippen molar-refractivity contribution in [3.8, 4) is 0 Å². The Morgan fingerprint density at radius 3 is 2.11 bits per heavy atom. The van der Waals surface area contributed by atoms with Crippen LogP contribution in [0.15, 0.2) is 10.6 Å². The maximum Gasteiger partial charge on any atom is 0.146 e. The average Bonchev–Trinajstić information content (AvgIpc) is 1.84. The maximum atomic E-state index is 10.1. The van der Waals surface area contributed by atoms with E-state index >= 15 is 0 Å². The first kappa shape index (κ1) is 8.70. The van der Waals surface area contributed by atoms with Gasteiger partial charge in [-0.3, -0.25) is 4.79 Å². The molecule has 0 spiro atoms. The lowest BCUT2D eigenvalue weighted by Gasteiger charge is -2.02. The SMILES string of the molecule is CC(C=O)=C(Cl)C(C)C. The van der Waals surface area contributed by atoms with E-state index in [4.69, 9.17) is 11.6 Å². The van der Waals surface area contributed by atoms with Gasteiger partial charge < -0.3 is 0 Å². The van der Waals surface area contributed by atoms with Gasteiger partial charge in [-0.1, -0.05) is 25.4 Å². The molecule has 0 heterocycles. The second-order valence-electron chi connectivity index (χ2n) is 2.30. The molecule has 0 saturated heterocycles. The highest BCUT2D eigenvalue weighted by molar-refractivity contribution is 6.31. The number of rotatable bonds is 2. The summed E-state index contributed by atoms with van der Waals surface area (Å²) in [6.45, 7) is 5.62. The highest BCUT2D eigenvalue weighted by Crippen LogP contribution is 2.17. The predicted molar refractivity (Wildman–Crippen MR) is 39.5 cm³/mol. The molecule has 0 aromatic rings. The molecule has 0 atom stereocenters. The minimum absolute atomic E-state index is 0.261. The maximum absolute atomic E-state index is 10.1. The zero-order valence-electron chi connectivity index (χ0n) is 5.94. The Hall–Kier alpha value is -0.300. The molecule has 9 heavy (non-hydrogen) atoms. The molecule has 0 aliphatic heterocycles. The standard InChI is InChI=1S/C7H11ClO/c1-5(2)7(8)6(3)4-9/h4-5H,1-3H3. The molecule has 0 radical (unpaired) electrons. The van der Waals surface area contributed by atoms with Crippen molar-refractivity contribution in [2.24, 2.45) is 5.92 Å². The van der Waals surface area contributed by atoms with Crippen molar-refractivity contribution < 1.29 is 4.79 Å². The molecule has 0 fully saturated rings. The smallest absolute Gasteiger partial charge is 0.146 e. The molecule has 52 valence electrons. The third-order valence-electron chi connectivity index (χ3n) is 1.06. The molecular weight excluding hydrogens is 136 g/mol. The van der Waals surface area contributed by atoms with Crippen LogP contribution in [-0.4, -0.2) is 6.29 Å². The number of aldehydes is 1. The molecule has 0 bridgehead atoms. The zero-order valence-corrected chi connectivity index (χ0v) is 6.70. The van der Waals surface area contributed by atoms with Crippen LogP contribution in [-0.2, 0) is 4.79 Å². The number of halogens is 1. The summed E-state index contributed by atoms with van der Waals surface area (Å²) in [5.41, 5.74) is 0.631. The molecule has 1 nitrogen and oxygen atoms in total. The summed E-state index contributed by atoms with van der Waals surface area (Å²) in [5.74, 6) is 0.261. The Kier molecular flexibility index (Phi) is 3.55. The van der Waals surface area contributed by atoms with Gasteiger partial charge in [0.25, 0.3) is 0 Å². The van der Waals surface area contributed by atoms with E-state index in [1.54, 1.807) is 6.92 Å². The molecule has 0 saturated carbocycles. The molecule has 0 rings (SSSR count). The molecule has 0 aliphatic rings. The summed E-state index contributed by atoms with van der Waals surface area (Å²) < 4.78 is 0. The van der Waals surface area contributed by atoms with E-state index in [1.807, 2.05) is 13.8 Å². The Morgan fingerprint density at radius 2 is 2.00 bits per heavy atom. The monoisotopic (exact) mass is 146 g/mol. The van der Waals surface area contributed by atoms with E-state index < -0.39 is 0 Å². The van der Waals surface area contributed by atoms with Crippen molar-refractivity contribution in [2.45, 2.75) is 20.8 Å². The van der Waals surface area contributed by atoms with Gasteiger partial charge >= 0.3 is 0 Å². The van der Waals surface area contributed by atoms with Crippen molar-refractivity contribution in [2.75, 3.05) is 0 Å². The molecule has 0 N–H and O–H groups in total. The van der Waals surface area contributed by atoms with E-state index in [0.29, 0.717) is 10.6 Å². The molecule has 0 unspecified atom stereocenters. The molecule has 0 aromatic carbocycles. The Balaban J connectivity index is 4.27. The fourth-order valence-electron chi connectivity index (χ4n) is 0.512. The Morgan fingerprint density at radius 1 is 1.56 bits per heavy atom. The van der Waals surface area contributed by atoms with Gasteiger partial charge in [-0.25, -0.2) is 0 Å². The minimum Gasteiger partial charge on any atom is -0.298 e. The van der Waals surface area contributed by atoms with Crippen LogP contribution in [0.3, 0.4) is 0 Å². The summed E-state index contributed by atoms with van der Waals surface area (Å²) in [5, 5.41) is 0.657. The molecule has 0 aromatic heterocycles. The number of allylic oxidation sites excluding steroid dienone is 2. The van der Waals surface area contributed by atoms with Crippen molar-refractivity contribution in [1.82, 2.24) is 0 Å². The summed E-state index contributed by atoms with van der Waals surface area (Å²) in [6, 6.07) is 0. The first-order valence-electron chi connectivity index (χ1n) is 2.91. The van der Waals surface area contributed by atoms with E-state index in [9.17, 15) is 4.79 Å². The van der Waals surface area contributed by atoms with Gasteiger partial charge in [0, 0.05) is 10.6 Å². The van der Waals surface area contributed by atoms with Crippen molar-refractivity contribution in [3.05, 3.63) is 10.6 Å². The normalized spacial score (nSPS) is 13.4.